The number of nitrogens with one attached hydrogen (secondary N) is 2. The van der Waals surface area contributed by atoms with Crippen LogP contribution in [0, 0.1) is 0 Å². The maximum absolute atomic E-state index is 12.1. The number of carbonyl (C=O) groups excluding carboxylic acids is 1. The van der Waals surface area contributed by atoms with Crippen molar-refractivity contribution in [1.29, 1.82) is 0 Å². The molecule has 0 bridgehead atoms. The molecule has 22 heavy (non-hydrogen) atoms. The van der Waals surface area contributed by atoms with Crippen LogP contribution >= 0.6 is 0 Å². The monoisotopic (exact) mass is 299 g/mol. The van der Waals surface area contributed by atoms with E-state index in [1.54, 1.807) is 7.05 Å². The molecule has 3 rings (SSSR count). The van der Waals surface area contributed by atoms with Gasteiger partial charge in [0.05, 0.1) is 0 Å². The lowest BCUT2D eigenvalue weighted by atomic mass is 9.71. The van der Waals surface area contributed by atoms with E-state index in [1.165, 1.54) is 22.1 Å². The van der Waals surface area contributed by atoms with Crippen LogP contribution in [0.4, 0.5) is 10.7 Å². The first kappa shape index (κ1) is 14.6. The third kappa shape index (κ3) is 2.81. The SMILES string of the molecule is Cn1ncnc1NC(=O)NC[C@]1(C)CCCc2ccccc21. The Kier molecular flexibility index (Phi) is 3.83. The summed E-state index contributed by atoms with van der Waals surface area (Å²) in [5.41, 5.74) is 2.72. The van der Waals surface area contributed by atoms with E-state index < -0.39 is 0 Å². The molecular formula is C16H21N5O. The summed E-state index contributed by atoms with van der Waals surface area (Å²) in [6.07, 6.45) is 4.76. The normalized spacial score (nSPS) is 20.3. The second-order valence-electron chi connectivity index (χ2n) is 6.09. The van der Waals surface area contributed by atoms with Gasteiger partial charge in [0.2, 0.25) is 5.95 Å². The molecule has 0 unspecified atom stereocenters. The number of urea groups is 1. The van der Waals surface area contributed by atoms with Crippen LogP contribution in [0.15, 0.2) is 30.6 Å². The quantitative estimate of drug-likeness (QED) is 0.913. The van der Waals surface area contributed by atoms with E-state index in [0.29, 0.717) is 12.5 Å². The fourth-order valence-electron chi connectivity index (χ4n) is 3.14. The Balaban J connectivity index is 1.66. The molecule has 0 fully saturated rings. The summed E-state index contributed by atoms with van der Waals surface area (Å²) in [4.78, 5) is 16.0. The Morgan fingerprint density at radius 2 is 2.23 bits per heavy atom. The summed E-state index contributed by atoms with van der Waals surface area (Å²) >= 11 is 0. The van der Waals surface area contributed by atoms with Crippen molar-refractivity contribution in [3.05, 3.63) is 41.7 Å². The smallest absolute Gasteiger partial charge is 0.321 e. The number of aryl methyl sites for hydroxylation is 2. The van der Waals surface area contributed by atoms with Crippen LogP contribution in [-0.2, 0) is 18.9 Å². The molecule has 0 spiro atoms. The van der Waals surface area contributed by atoms with Crippen molar-refractivity contribution >= 4 is 12.0 Å². The van der Waals surface area contributed by atoms with Crippen molar-refractivity contribution in [3.8, 4) is 0 Å². The molecule has 1 atom stereocenters. The minimum Gasteiger partial charge on any atom is -0.337 e. The molecule has 1 aromatic carbocycles. The standard InChI is InChI=1S/C16H21N5O/c1-16(9-5-7-12-6-3-4-8-13(12)16)10-17-15(22)20-14-18-11-19-21(14)2/h3-4,6,8,11H,5,7,9-10H2,1-2H3,(H2,17,18,19,20,22)/t16-/m0/s1. The Morgan fingerprint density at radius 3 is 3.00 bits per heavy atom. The van der Waals surface area contributed by atoms with Crippen LogP contribution in [0.2, 0.25) is 0 Å². The predicted octanol–water partition coefficient (Wildman–Crippen LogP) is 2.23. The molecule has 2 amide bonds. The van der Waals surface area contributed by atoms with Gasteiger partial charge in [-0.1, -0.05) is 31.2 Å². The predicted molar refractivity (Wildman–Crippen MR) is 84.8 cm³/mol. The molecule has 1 heterocycles. The third-order valence-electron chi connectivity index (χ3n) is 4.42. The average Bonchev–Trinajstić information content (AvgIpc) is 2.91. The molecule has 1 aliphatic carbocycles. The van der Waals surface area contributed by atoms with E-state index >= 15 is 0 Å². The highest BCUT2D eigenvalue weighted by Gasteiger charge is 2.32. The number of amides is 2. The number of anilines is 1. The number of nitrogens with zero attached hydrogens (tertiary/aromatic N) is 3. The van der Waals surface area contributed by atoms with Gasteiger partial charge in [-0.15, -0.1) is 0 Å². The number of aromatic nitrogens is 3. The molecule has 2 aromatic rings. The zero-order valence-electron chi connectivity index (χ0n) is 13.0. The van der Waals surface area contributed by atoms with E-state index in [9.17, 15) is 4.79 Å². The van der Waals surface area contributed by atoms with Crippen molar-refractivity contribution in [3.63, 3.8) is 0 Å². The van der Waals surface area contributed by atoms with Gasteiger partial charge < -0.3 is 5.32 Å². The van der Waals surface area contributed by atoms with Gasteiger partial charge in [0, 0.05) is 19.0 Å². The Labute approximate surface area is 129 Å². The highest BCUT2D eigenvalue weighted by Crippen LogP contribution is 2.36. The second-order valence-corrected chi connectivity index (χ2v) is 6.09. The summed E-state index contributed by atoms with van der Waals surface area (Å²) in [7, 11) is 1.74. The summed E-state index contributed by atoms with van der Waals surface area (Å²) in [5, 5.41) is 9.60. The van der Waals surface area contributed by atoms with Gasteiger partial charge in [0.25, 0.3) is 0 Å². The molecule has 1 aliphatic rings. The van der Waals surface area contributed by atoms with Gasteiger partial charge in [0.15, 0.2) is 0 Å². The molecule has 6 nitrogen and oxygen atoms in total. The minimum absolute atomic E-state index is 0.0218. The highest BCUT2D eigenvalue weighted by molar-refractivity contribution is 5.87. The molecule has 2 N–H and O–H groups in total. The number of carbonyl (C=O) groups is 1. The Hall–Kier alpha value is -2.37. The van der Waals surface area contributed by atoms with Crippen LogP contribution < -0.4 is 10.6 Å². The number of rotatable bonds is 3. The third-order valence-corrected chi connectivity index (χ3v) is 4.42. The lowest BCUT2D eigenvalue weighted by molar-refractivity contribution is 0.247. The number of hydrogen-bond acceptors (Lipinski definition) is 3. The highest BCUT2D eigenvalue weighted by atomic mass is 16.2. The van der Waals surface area contributed by atoms with Crippen molar-refractivity contribution in [2.45, 2.75) is 31.6 Å². The van der Waals surface area contributed by atoms with E-state index in [-0.39, 0.29) is 11.4 Å². The van der Waals surface area contributed by atoms with Gasteiger partial charge in [0.1, 0.15) is 6.33 Å². The summed E-state index contributed by atoms with van der Waals surface area (Å²) in [6, 6.07) is 8.27. The van der Waals surface area contributed by atoms with Gasteiger partial charge in [-0.2, -0.15) is 10.1 Å². The maximum atomic E-state index is 12.1. The topological polar surface area (TPSA) is 71.8 Å². The first-order chi connectivity index (χ1) is 10.6. The van der Waals surface area contributed by atoms with E-state index in [2.05, 4.69) is 51.9 Å². The van der Waals surface area contributed by atoms with Gasteiger partial charge in [-0.25, -0.2) is 9.48 Å². The average molecular weight is 299 g/mol. The molecule has 0 saturated carbocycles. The zero-order chi connectivity index (χ0) is 15.6. The first-order valence-electron chi connectivity index (χ1n) is 7.56. The van der Waals surface area contributed by atoms with E-state index in [4.69, 9.17) is 0 Å². The van der Waals surface area contributed by atoms with Gasteiger partial charge >= 0.3 is 6.03 Å². The molecule has 6 heteroatoms. The van der Waals surface area contributed by atoms with Crippen molar-refractivity contribution < 1.29 is 4.79 Å². The lowest BCUT2D eigenvalue weighted by Gasteiger charge is -2.36. The number of hydrogen-bond donors (Lipinski definition) is 2. The van der Waals surface area contributed by atoms with Crippen LogP contribution in [0.1, 0.15) is 30.9 Å². The Bertz CT molecular complexity index is 681. The molecule has 0 radical (unpaired) electrons. The number of benzene rings is 1. The van der Waals surface area contributed by atoms with E-state index in [0.717, 1.165) is 19.3 Å². The first-order valence-corrected chi connectivity index (χ1v) is 7.56. The molecule has 0 aliphatic heterocycles. The van der Waals surface area contributed by atoms with Crippen molar-refractivity contribution in [2.24, 2.45) is 7.05 Å². The largest absolute Gasteiger partial charge is 0.337 e. The van der Waals surface area contributed by atoms with Gasteiger partial charge in [-0.05, 0) is 30.4 Å². The summed E-state index contributed by atoms with van der Waals surface area (Å²) < 4.78 is 1.53. The van der Waals surface area contributed by atoms with E-state index in [1.807, 2.05) is 0 Å². The van der Waals surface area contributed by atoms with Crippen LogP contribution in [0.3, 0.4) is 0 Å². The minimum atomic E-state index is -0.250. The fourth-order valence-corrected chi connectivity index (χ4v) is 3.14. The Morgan fingerprint density at radius 1 is 1.41 bits per heavy atom. The summed E-state index contributed by atoms with van der Waals surface area (Å²) in [6.45, 7) is 2.82. The van der Waals surface area contributed by atoms with Gasteiger partial charge in [-0.3, -0.25) is 5.32 Å². The zero-order valence-corrected chi connectivity index (χ0v) is 13.0. The second kappa shape index (κ2) is 5.79. The maximum Gasteiger partial charge on any atom is 0.321 e. The summed E-state index contributed by atoms with van der Waals surface area (Å²) in [5.74, 6) is 0.437. The molecule has 0 saturated heterocycles. The van der Waals surface area contributed by atoms with Crippen molar-refractivity contribution in [1.82, 2.24) is 20.1 Å². The van der Waals surface area contributed by atoms with Crippen LogP contribution in [0.25, 0.3) is 0 Å². The molecular weight excluding hydrogens is 278 g/mol. The van der Waals surface area contributed by atoms with Crippen molar-refractivity contribution in [2.75, 3.05) is 11.9 Å². The van der Waals surface area contributed by atoms with Crippen LogP contribution in [-0.4, -0.2) is 27.3 Å². The van der Waals surface area contributed by atoms with Crippen LogP contribution in [0.5, 0.6) is 0 Å². The number of fused-ring (bicyclic) bond motifs is 1. The molecule has 1 aromatic heterocycles. The lowest BCUT2D eigenvalue weighted by Crippen LogP contribution is -2.42. The molecule has 116 valence electrons. The fraction of sp³-hybridized carbons (Fsp3) is 0.438.